The zero-order chi connectivity index (χ0) is 17.4. The lowest BCUT2D eigenvalue weighted by molar-refractivity contribution is -0.114. The van der Waals surface area contributed by atoms with Crippen LogP contribution in [0, 0.1) is 23.2 Å². The molecule has 0 heterocycles. The molecule has 0 radical (unpaired) electrons. The number of ketones is 1. The van der Waals surface area contributed by atoms with E-state index in [1.807, 2.05) is 13.0 Å². The third-order valence-corrected chi connectivity index (χ3v) is 6.95. The van der Waals surface area contributed by atoms with Crippen LogP contribution in [0.3, 0.4) is 0 Å². The molecule has 0 aromatic heterocycles. The van der Waals surface area contributed by atoms with Crippen LogP contribution in [0.25, 0.3) is 0 Å². The fourth-order valence-electron chi connectivity index (χ4n) is 5.02. The second kappa shape index (κ2) is 6.52. The largest absolute Gasteiger partial charge is 0.377 e. The molecule has 3 rings (SSSR count). The Bertz CT molecular complexity index is 657. The van der Waals surface area contributed by atoms with Crippen molar-refractivity contribution in [2.75, 3.05) is 0 Å². The summed E-state index contributed by atoms with van der Waals surface area (Å²) in [5.74, 6) is 6.86. The first-order valence-electron chi connectivity index (χ1n) is 9.50. The van der Waals surface area contributed by atoms with E-state index in [-0.39, 0.29) is 5.41 Å². The van der Waals surface area contributed by atoms with Gasteiger partial charge in [0.15, 0.2) is 5.78 Å². The lowest BCUT2D eigenvalue weighted by Crippen LogP contribution is -2.43. The fourth-order valence-corrected chi connectivity index (χ4v) is 5.02. The normalized spacial score (nSPS) is 36.1. The summed E-state index contributed by atoms with van der Waals surface area (Å²) in [6.07, 6.45) is 10.7. The van der Waals surface area contributed by atoms with Gasteiger partial charge in [-0.2, -0.15) is 0 Å². The maximum Gasteiger partial charge on any atom is 0.156 e. The summed E-state index contributed by atoms with van der Waals surface area (Å²) in [5.41, 5.74) is 3.30. The van der Waals surface area contributed by atoms with E-state index >= 15 is 0 Å². The Kier molecular flexibility index (Phi) is 4.76. The van der Waals surface area contributed by atoms with Crippen molar-refractivity contribution in [3.8, 4) is 11.8 Å². The molecule has 1 saturated carbocycles. The van der Waals surface area contributed by atoms with Crippen LogP contribution < -0.4 is 0 Å². The van der Waals surface area contributed by atoms with Gasteiger partial charge in [0.2, 0.25) is 0 Å². The van der Waals surface area contributed by atoms with Gasteiger partial charge >= 0.3 is 0 Å². The smallest absolute Gasteiger partial charge is 0.156 e. The van der Waals surface area contributed by atoms with E-state index < -0.39 is 5.60 Å². The molecule has 0 spiro atoms. The quantitative estimate of drug-likeness (QED) is 0.762. The number of carbonyl (C=O) groups is 1. The SMILES string of the molecule is CC#CC1(O)CCC(C)C1(C)CCC1=C2CCC(=O)C=C2CCC1. The van der Waals surface area contributed by atoms with Crippen molar-refractivity contribution < 1.29 is 9.90 Å². The lowest BCUT2D eigenvalue weighted by atomic mass is 9.67. The van der Waals surface area contributed by atoms with E-state index in [4.69, 9.17) is 0 Å². The van der Waals surface area contributed by atoms with Crippen LogP contribution >= 0.6 is 0 Å². The molecule has 3 unspecified atom stereocenters. The molecule has 0 aromatic carbocycles. The summed E-state index contributed by atoms with van der Waals surface area (Å²) < 4.78 is 0. The van der Waals surface area contributed by atoms with Crippen molar-refractivity contribution in [1.82, 2.24) is 0 Å². The van der Waals surface area contributed by atoms with E-state index in [0.29, 0.717) is 18.1 Å². The number of carbonyl (C=O) groups excluding carboxylic acids is 1. The summed E-state index contributed by atoms with van der Waals surface area (Å²) in [5, 5.41) is 11.1. The summed E-state index contributed by atoms with van der Waals surface area (Å²) in [6.45, 7) is 6.31. The lowest BCUT2D eigenvalue weighted by Gasteiger charge is -2.40. The van der Waals surface area contributed by atoms with Crippen LogP contribution in [0.1, 0.15) is 78.6 Å². The maximum absolute atomic E-state index is 11.7. The monoisotopic (exact) mass is 326 g/mol. The van der Waals surface area contributed by atoms with Gasteiger partial charge in [-0.05, 0) is 81.4 Å². The van der Waals surface area contributed by atoms with Crippen molar-refractivity contribution in [2.45, 2.75) is 84.2 Å². The Morgan fingerprint density at radius 2 is 2.08 bits per heavy atom. The first-order chi connectivity index (χ1) is 11.4. The zero-order valence-corrected chi connectivity index (χ0v) is 15.4. The van der Waals surface area contributed by atoms with Gasteiger partial charge in [-0.15, -0.1) is 5.92 Å². The van der Waals surface area contributed by atoms with Crippen molar-refractivity contribution in [1.29, 1.82) is 0 Å². The zero-order valence-electron chi connectivity index (χ0n) is 15.4. The Morgan fingerprint density at radius 3 is 2.83 bits per heavy atom. The third-order valence-electron chi connectivity index (χ3n) is 6.95. The highest BCUT2D eigenvalue weighted by Gasteiger charge is 2.53. The van der Waals surface area contributed by atoms with Crippen LogP contribution in [0.2, 0.25) is 0 Å². The van der Waals surface area contributed by atoms with Crippen LogP contribution in [0.15, 0.2) is 22.8 Å². The minimum Gasteiger partial charge on any atom is -0.377 e. The Hall–Kier alpha value is -1.33. The van der Waals surface area contributed by atoms with E-state index in [0.717, 1.165) is 51.4 Å². The van der Waals surface area contributed by atoms with Crippen molar-refractivity contribution in [3.63, 3.8) is 0 Å². The highest BCUT2D eigenvalue weighted by atomic mass is 16.3. The second-order valence-electron chi connectivity index (χ2n) is 8.16. The molecule has 0 aliphatic heterocycles. The molecule has 1 fully saturated rings. The number of rotatable bonds is 3. The van der Waals surface area contributed by atoms with Gasteiger partial charge in [0.1, 0.15) is 5.60 Å². The molecule has 3 atom stereocenters. The van der Waals surface area contributed by atoms with Gasteiger partial charge in [-0.25, -0.2) is 0 Å². The van der Waals surface area contributed by atoms with Crippen LogP contribution in [-0.4, -0.2) is 16.5 Å². The standard InChI is InChI=1S/C22H30O2/c1-4-12-22(24)14-10-16(2)21(22,3)13-11-17-6-5-7-18-15-19(23)8-9-20(17)18/h15-16,24H,5-11,13-14H2,1-3H3. The van der Waals surface area contributed by atoms with Gasteiger partial charge < -0.3 is 5.11 Å². The predicted molar refractivity (Wildman–Crippen MR) is 97.3 cm³/mol. The van der Waals surface area contributed by atoms with E-state index in [9.17, 15) is 9.90 Å². The summed E-state index contributed by atoms with van der Waals surface area (Å²) in [6, 6.07) is 0. The minimum absolute atomic E-state index is 0.143. The maximum atomic E-state index is 11.7. The number of allylic oxidation sites excluding steroid dienone is 4. The minimum atomic E-state index is -0.845. The van der Waals surface area contributed by atoms with E-state index in [1.165, 1.54) is 16.7 Å². The average molecular weight is 326 g/mol. The van der Waals surface area contributed by atoms with Crippen molar-refractivity contribution >= 4 is 5.78 Å². The molecule has 3 aliphatic rings. The highest BCUT2D eigenvalue weighted by Crippen LogP contribution is 2.54. The molecule has 24 heavy (non-hydrogen) atoms. The van der Waals surface area contributed by atoms with Gasteiger partial charge in [-0.3, -0.25) is 4.79 Å². The molecule has 0 aromatic rings. The number of aliphatic hydroxyl groups is 1. The molecule has 1 N–H and O–H groups in total. The van der Waals surface area contributed by atoms with Crippen LogP contribution in [-0.2, 0) is 4.79 Å². The molecule has 0 bridgehead atoms. The third kappa shape index (κ3) is 2.88. The predicted octanol–water partition coefficient (Wildman–Crippen LogP) is 4.73. The first-order valence-corrected chi connectivity index (χ1v) is 9.50. The molecule has 0 amide bonds. The Balaban J connectivity index is 1.82. The molecule has 0 saturated heterocycles. The number of hydrogen-bond acceptors (Lipinski definition) is 2. The average Bonchev–Trinajstić information content (AvgIpc) is 2.77. The van der Waals surface area contributed by atoms with Crippen LogP contribution in [0.5, 0.6) is 0 Å². The van der Waals surface area contributed by atoms with E-state index in [1.54, 1.807) is 0 Å². The molecular formula is C22H30O2. The molecule has 3 aliphatic carbocycles. The molecular weight excluding hydrogens is 296 g/mol. The van der Waals surface area contributed by atoms with Crippen LogP contribution in [0.4, 0.5) is 0 Å². The second-order valence-corrected chi connectivity index (χ2v) is 8.16. The van der Waals surface area contributed by atoms with E-state index in [2.05, 4.69) is 25.7 Å². The van der Waals surface area contributed by atoms with Gasteiger partial charge in [0.25, 0.3) is 0 Å². The molecule has 2 nitrogen and oxygen atoms in total. The Labute approximate surface area is 146 Å². The Morgan fingerprint density at radius 1 is 1.29 bits per heavy atom. The number of hydrogen-bond donors (Lipinski definition) is 1. The topological polar surface area (TPSA) is 37.3 Å². The highest BCUT2D eigenvalue weighted by molar-refractivity contribution is 5.93. The summed E-state index contributed by atoms with van der Waals surface area (Å²) in [7, 11) is 0. The van der Waals surface area contributed by atoms with Gasteiger partial charge in [0, 0.05) is 11.8 Å². The fraction of sp³-hybridized carbons (Fsp3) is 0.682. The van der Waals surface area contributed by atoms with Crippen molar-refractivity contribution in [2.24, 2.45) is 11.3 Å². The van der Waals surface area contributed by atoms with Crippen molar-refractivity contribution in [3.05, 3.63) is 22.8 Å². The van der Waals surface area contributed by atoms with Gasteiger partial charge in [-0.1, -0.05) is 25.3 Å². The molecule has 2 heteroatoms. The molecule has 130 valence electrons. The van der Waals surface area contributed by atoms with Gasteiger partial charge in [0.05, 0.1) is 0 Å². The summed E-state index contributed by atoms with van der Waals surface area (Å²) >= 11 is 0. The first kappa shape index (κ1) is 17.5. The number of fused-ring (bicyclic) bond motifs is 1. The summed E-state index contributed by atoms with van der Waals surface area (Å²) in [4.78, 5) is 11.7.